The molecule has 2 aromatic rings. The van der Waals surface area contributed by atoms with Crippen molar-refractivity contribution in [2.75, 3.05) is 31.1 Å². The molecule has 1 heterocycles. The van der Waals surface area contributed by atoms with Crippen LogP contribution in [0.4, 0.5) is 14.5 Å². The van der Waals surface area contributed by atoms with Crippen LogP contribution in [0.5, 0.6) is 0 Å². The molecule has 0 amide bonds. The van der Waals surface area contributed by atoms with Crippen LogP contribution in [0.15, 0.2) is 36.4 Å². The smallest absolute Gasteiger partial charge is 0.182 e. The largest absolute Gasteiger partial charge is 0.367 e. The lowest BCUT2D eigenvalue weighted by Crippen LogP contribution is -2.46. The second kappa shape index (κ2) is 7.09. The highest BCUT2D eigenvalue weighted by molar-refractivity contribution is 5.76. The summed E-state index contributed by atoms with van der Waals surface area (Å²) in [5.41, 5.74) is 2.48. The summed E-state index contributed by atoms with van der Waals surface area (Å²) in [5.74, 6) is -2.00. The van der Waals surface area contributed by atoms with Crippen molar-refractivity contribution in [2.45, 2.75) is 13.5 Å². The van der Waals surface area contributed by atoms with Crippen molar-refractivity contribution in [1.29, 1.82) is 0 Å². The molecule has 1 saturated heterocycles. The van der Waals surface area contributed by atoms with Crippen LogP contribution in [-0.4, -0.2) is 37.4 Å². The molecule has 0 atom stereocenters. The SMILES string of the molecule is Cc1ccc(CN2CCN(c3ccc(C=O)c(F)c3F)CC2)cc1. The Kier molecular flexibility index (Phi) is 4.90. The zero-order valence-corrected chi connectivity index (χ0v) is 13.6. The normalized spacial score (nSPS) is 15.5. The molecule has 126 valence electrons. The lowest BCUT2D eigenvalue weighted by atomic mass is 10.1. The van der Waals surface area contributed by atoms with Crippen LogP contribution in [0.25, 0.3) is 0 Å². The van der Waals surface area contributed by atoms with E-state index in [0.29, 0.717) is 19.4 Å². The molecule has 1 aliphatic heterocycles. The Labute approximate surface area is 140 Å². The van der Waals surface area contributed by atoms with Crippen LogP contribution in [0.3, 0.4) is 0 Å². The number of nitrogens with zero attached hydrogens (tertiary/aromatic N) is 2. The third-order valence-corrected chi connectivity index (χ3v) is 4.46. The van der Waals surface area contributed by atoms with Crippen LogP contribution in [0.2, 0.25) is 0 Å². The average Bonchev–Trinajstić information content (AvgIpc) is 2.60. The van der Waals surface area contributed by atoms with E-state index in [1.54, 1.807) is 0 Å². The third-order valence-electron chi connectivity index (χ3n) is 4.46. The summed E-state index contributed by atoms with van der Waals surface area (Å²) in [5, 5.41) is 0. The third kappa shape index (κ3) is 3.46. The minimum absolute atomic E-state index is 0.230. The number of carbonyl (C=O) groups excluding carboxylic acids is 1. The summed E-state index contributed by atoms with van der Waals surface area (Å²) < 4.78 is 27.9. The molecule has 0 radical (unpaired) electrons. The molecule has 0 aliphatic carbocycles. The summed E-state index contributed by atoms with van der Waals surface area (Å²) in [4.78, 5) is 14.8. The molecule has 1 aliphatic rings. The van der Waals surface area contributed by atoms with Crippen molar-refractivity contribution in [3.05, 3.63) is 64.7 Å². The molecule has 0 aromatic heterocycles. The first kappa shape index (κ1) is 16.6. The quantitative estimate of drug-likeness (QED) is 0.803. The van der Waals surface area contributed by atoms with E-state index in [0.717, 1.165) is 19.6 Å². The lowest BCUT2D eigenvalue weighted by Gasteiger charge is -2.36. The van der Waals surface area contributed by atoms with Crippen molar-refractivity contribution < 1.29 is 13.6 Å². The van der Waals surface area contributed by atoms with Gasteiger partial charge in [-0.15, -0.1) is 0 Å². The van der Waals surface area contributed by atoms with E-state index in [-0.39, 0.29) is 11.3 Å². The average molecular weight is 330 g/mol. The molecule has 3 rings (SSSR count). The summed E-state index contributed by atoms with van der Waals surface area (Å²) in [6.07, 6.45) is 0.335. The highest BCUT2D eigenvalue weighted by Gasteiger charge is 2.22. The summed E-state index contributed by atoms with van der Waals surface area (Å²) in [6, 6.07) is 11.2. The Morgan fingerprint density at radius 3 is 2.25 bits per heavy atom. The number of rotatable bonds is 4. The Morgan fingerprint density at radius 2 is 1.62 bits per heavy atom. The predicted octanol–water partition coefficient (Wildman–Crippen LogP) is 3.41. The molecule has 2 aromatic carbocycles. The van der Waals surface area contributed by atoms with Crippen LogP contribution in [-0.2, 0) is 6.54 Å². The van der Waals surface area contributed by atoms with E-state index < -0.39 is 11.6 Å². The number of aldehydes is 1. The molecular formula is C19H20F2N2O. The first-order chi connectivity index (χ1) is 11.6. The number of hydrogen-bond acceptors (Lipinski definition) is 3. The van der Waals surface area contributed by atoms with Gasteiger partial charge in [-0.1, -0.05) is 29.8 Å². The predicted molar refractivity (Wildman–Crippen MR) is 90.4 cm³/mol. The van der Waals surface area contributed by atoms with Crippen LogP contribution < -0.4 is 4.90 Å². The van der Waals surface area contributed by atoms with Gasteiger partial charge in [-0.05, 0) is 24.6 Å². The van der Waals surface area contributed by atoms with Crippen molar-refractivity contribution >= 4 is 12.0 Å². The first-order valence-corrected chi connectivity index (χ1v) is 8.04. The van der Waals surface area contributed by atoms with Gasteiger partial charge >= 0.3 is 0 Å². The minimum Gasteiger partial charge on any atom is -0.367 e. The van der Waals surface area contributed by atoms with Gasteiger partial charge in [-0.3, -0.25) is 9.69 Å². The Hall–Kier alpha value is -2.27. The summed E-state index contributed by atoms with van der Waals surface area (Å²) >= 11 is 0. The maximum absolute atomic E-state index is 14.1. The Bertz CT molecular complexity index is 723. The van der Waals surface area contributed by atoms with E-state index in [9.17, 15) is 13.6 Å². The van der Waals surface area contributed by atoms with Gasteiger partial charge < -0.3 is 4.90 Å². The second-order valence-electron chi connectivity index (χ2n) is 6.17. The lowest BCUT2D eigenvalue weighted by molar-refractivity contribution is 0.111. The fourth-order valence-electron chi connectivity index (χ4n) is 2.99. The van der Waals surface area contributed by atoms with E-state index in [2.05, 4.69) is 36.1 Å². The van der Waals surface area contributed by atoms with Crippen molar-refractivity contribution in [3.63, 3.8) is 0 Å². The fraction of sp³-hybridized carbons (Fsp3) is 0.316. The molecular weight excluding hydrogens is 310 g/mol. The molecule has 0 saturated carbocycles. The van der Waals surface area contributed by atoms with Gasteiger partial charge in [-0.2, -0.15) is 0 Å². The van der Waals surface area contributed by atoms with Crippen molar-refractivity contribution in [2.24, 2.45) is 0 Å². The first-order valence-electron chi connectivity index (χ1n) is 8.04. The maximum atomic E-state index is 14.1. The second-order valence-corrected chi connectivity index (χ2v) is 6.17. The summed E-state index contributed by atoms with van der Waals surface area (Å²) in [6.45, 7) is 5.74. The van der Waals surface area contributed by atoms with Gasteiger partial charge in [0.05, 0.1) is 11.3 Å². The molecule has 0 unspecified atom stereocenters. The highest BCUT2D eigenvalue weighted by atomic mass is 19.2. The van der Waals surface area contributed by atoms with Crippen molar-refractivity contribution in [3.8, 4) is 0 Å². The van der Waals surface area contributed by atoms with Crippen LogP contribution in [0, 0.1) is 18.6 Å². The van der Waals surface area contributed by atoms with Gasteiger partial charge in [0.15, 0.2) is 17.9 Å². The van der Waals surface area contributed by atoms with E-state index in [1.807, 2.05) is 4.90 Å². The van der Waals surface area contributed by atoms with E-state index >= 15 is 0 Å². The Balaban J connectivity index is 1.64. The van der Waals surface area contributed by atoms with Gasteiger partial charge in [0.2, 0.25) is 0 Å². The Morgan fingerprint density at radius 1 is 0.958 bits per heavy atom. The monoisotopic (exact) mass is 330 g/mol. The zero-order valence-electron chi connectivity index (χ0n) is 13.6. The van der Waals surface area contributed by atoms with Gasteiger partial charge in [0.25, 0.3) is 0 Å². The fourth-order valence-corrected chi connectivity index (χ4v) is 2.99. The number of carbonyl (C=O) groups is 1. The zero-order chi connectivity index (χ0) is 17.1. The van der Waals surface area contributed by atoms with Gasteiger partial charge in [0.1, 0.15) is 0 Å². The topological polar surface area (TPSA) is 23.6 Å². The number of anilines is 1. The van der Waals surface area contributed by atoms with Gasteiger partial charge in [-0.25, -0.2) is 8.78 Å². The minimum atomic E-state index is -1.07. The maximum Gasteiger partial charge on any atom is 0.182 e. The number of benzene rings is 2. The number of aryl methyl sites for hydroxylation is 1. The number of halogens is 2. The molecule has 0 bridgehead atoms. The molecule has 24 heavy (non-hydrogen) atoms. The molecule has 1 fully saturated rings. The van der Waals surface area contributed by atoms with Crippen LogP contribution >= 0.6 is 0 Å². The highest BCUT2D eigenvalue weighted by Crippen LogP contribution is 2.25. The number of piperazine rings is 1. The molecule has 5 heteroatoms. The molecule has 0 spiro atoms. The molecule has 0 N–H and O–H groups in total. The molecule has 3 nitrogen and oxygen atoms in total. The van der Waals surface area contributed by atoms with Crippen molar-refractivity contribution in [1.82, 2.24) is 4.90 Å². The summed E-state index contributed by atoms with van der Waals surface area (Å²) in [7, 11) is 0. The number of hydrogen-bond donors (Lipinski definition) is 0. The standard InChI is InChI=1S/C19H20F2N2O/c1-14-2-4-15(5-3-14)12-22-8-10-23(11-9-22)17-7-6-16(13-24)18(20)19(17)21/h2-7,13H,8-12H2,1H3. The van der Waals surface area contributed by atoms with E-state index in [1.165, 1.54) is 23.3 Å². The van der Waals surface area contributed by atoms with Gasteiger partial charge in [0, 0.05) is 32.7 Å². The van der Waals surface area contributed by atoms with Crippen LogP contribution in [0.1, 0.15) is 21.5 Å². The van der Waals surface area contributed by atoms with E-state index in [4.69, 9.17) is 0 Å².